The van der Waals surface area contributed by atoms with Gasteiger partial charge in [-0.3, -0.25) is 9.69 Å². The van der Waals surface area contributed by atoms with E-state index in [-0.39, 0.29) is 11.9 Å². The summed E-state index contributed by atoms with van der Waals surface area (Å²) in [5.74, 6) is 0.0836. The summed E-state index contributed by atoms with van der Waals surface area (Å²) in [4.78, 5) is 18.8. The molecule has 3 heterocycles. The third-order valence-corrected chi connectivity index (χ3v) is 6.94. The Morgan fingerprint density at radius 1 is 1.20 bits per heavy atom. The summed E-state index contributed by atoms with van der Waals surface area (Å²) in [6.07, 6.45) is 2.43. The number of likely N-dealkylation sites (N-methyl/N-ethyl adjacent to an activating group) is 1. The maximum absolute atomic E-state index is 12.7. The lowest BCUT2D eigenvalue weighted by atomic mass is 9.97. The van der Waals surface area contributed by atoms with Crippen LogP contribution in [0.5, 0.6) is 0 Å². The molecule has 0 unspecified atom stereocenters. The summed E-state index contributed by atoms with van der Waals surface area (Å²) >= 11 is 7.99. The molecule has 30 heavy (non-hydrogen) atoms. The largest absolute Gasteiger partial charge is 0.459 e. The van der Waals surface area contributed by atoms with Crippen molar-refractivity contribution in [1.29, 1.82) is 0 Å². The highest BCUT2D eigenvalue weighted by Gasteiger charge is 2.29. The van der Waals surface area contributed by atoms with Crippen molar-refractivity contribution in [3.63, 3.8) is 0 Å². The van der Waals surface area contributed by atoms with Gasteiger partial charge >= 0.3 is 0 Å². The lowest BCUT2D eigenvalue weighted by Gasteiger charge is -2.38. The molecule has 2 aromatic heterocycles. The van der Waals surface area contributed by atoms with Gasteiger partial charge in [-0.25, -0.2) is 0 Å². The predicted molar refractivity (Wildman–Crippen MR) is 123 cm³/mol. The van der Waals surface area contributed by atoms with Crippen molar-refractivity contribution >= 4 is 33.8 Å². The highest BCUT2D eigenvalue weighted by molar-refractivity contribution is 7.16. The van der Waals surface area contributed by atoms with Crippen LogP contribution in [0.3, 0.4) is 0 Å². The van der Waals surface area contributed by atoms with E-state index in [1.54, 1.807) is 23.5 Å². The van der Waals surface area contributed by atoms with Gasteiger partial charge in [0.15, 0.2) is 5.76 Å². The van der Waals surface area contributed by atoms with Crippen molar-refractivity contribution in [3.8, 4) is 0 Å². The molecule has 0 spiro atoms. The van der Waals surface area contributed by atoms with Gasteiger partial charge in [0.05, 0.1) is 12.3 Å². The molecule has 0 saturated carbocycles. The van der Waals surface area contributed by atoms with E-state index in [0.717, 1.165) is 53.8 Å². The molecule has 5 nitrogen and oxygen atoms in total. The number of thiophene rings is 1. The molecule has 1 aromatic carbocycles. The quantitative estimate of drug-likeness (QED) is 0.572. The first-order valence-electron chi connectivity index (χ1n) is 10.2. The third kappa shape index (κ3) is 4.62. The van der Waals surface area contributed by atoms with Crippen LogP contribution >= 0.6 is 22.9 Å². The maximum Gasteiger partial charge on any atom is 0.291 e. The second kappa shape index (κ2) is 9.35. The summed E-state index contributed by atoms with van der Waals surface area (Å²) < 4.78 is 5.29. The number of anilines is 1. The van der Waals surface area contributed by atoms with Crippen LogP contribution in [0.15, 0.2) is 53.1 Å². The molecular formula is C23H26ClN3O2S. The number of halogens is 1. The fourth-order valence-corrected chi connectivity index (χ4v) is 5.07. The van der Waals surface area contributed by atoms with Gasteiger partial charge in [-0.1, -0.05) is 30.7 Å². The second-order valence-corrected chi connectivity index (χ2v) is 9.15. The van der Waals surface area contributed by atoms with E-state index in [1.807, 2.05) is 18.2 Å². The number of rotatable bonds is 6. The van der Waals surface area contributed by atoms with Crippen LogP contribution in [0.25, 0.3) is 0 Å². The molecule has 1 saturated heterocycles. The van der Waals surface area contributed by atoms with Crippen molar-refractivity contribution in [2.75, 3.05) is 38.5 Å². The molecule has 1 amide bonds. The average Bonchev–Trinajstić information content (AvgIpc) is 3.40. The van der Waals surface area contributed by atoms with Gasteiger partial charge < -0.3 is 14.6 Å². The minimum atomic E-state index is -0.228. The highest BCUT2D eigenvalue weighted by atomic mass is 35.5. The SMILES string of the molecule is CCc1cc([C@@H](c2cccc(Cl)c2)N2CCN(C)CC2)c(NC(=O)c2ccco2)s1. The lowest BCUT2D eigenvalue weighted by molar-refractivity contribution is 0.0996. The monoisotopic (exact) mass is 443 g/mol. The van der Waals surface area contributed by atoms with Crippen molar-refractivity contribution < 1.29 is 9.21 Å². The van der Waals surface area contributed by atoms with Gasteiger partial charge in [-0.05, 0) is 49.4 Å². The lowest BCUT2D eigenvalue weighted by Crippen LogP contribution is -2.46. The number of hydrogen-bond donors (Lipinski definition) is 1. The molecule has 1 atom stereocenters. The average molecular weight is 444 g/mol. The second-order valence-electron chi connectivity index (χ2n) is 7.58. The molecule has 1 N–H and O–H groups in total. The van der Waals surface area contributed by atoms with Crippen molar-refractivity contribution in [2.45, 2.75) is 19.4 Å². The third-order valence-electron chi connectivity index (χ3n) is 5.49. The Bertz CT molecular complexity index is 994. The van der Waals surface area contributed by atoms with E-state index < -0.39 is 0 Å². The zero-order valence-electron chi connectivity index (χ0n) is 17.2. The van der Waals surface area contributed by atoms with Gasteiger partial charge in [0, 0.05) is 41.6 Å². The van der Waals surface area contributed by atoms with E-state index in [4.69, 9.17) is 16.0 Å². The first-order valence-corrected chi connectivity index (χ1v) is 11.4. The molecule has 3 aromatic rings. The summed E-state index contributed by atoms with van der Waals surface area (Å²) in [5.41, 5.74) is 2.25. The normalized spacial score (nSPS) is 16.5. The minimum Gasteiger partial charge on any atom is -0.459 e. The maximum atomic E-state index is 12.7. The van der Waals surface area contributed by atoms with E-state index >= 15 is 0 Å². The summed E-state index contributed by atoms with van der Waals surface area (Å²) in [6, 6.07) is 13.7. The fraction of sp³-hybridized carbons (Fsp3) is 0.348. The molecule has 1 fully saturated rings. The number of aryl methyl sites for hydroxylation is 1. The van der Waals surface area contributed by atoms with Crippen LogP contribution in [0.4, 0.5) is 5.00 Å². The highest BCUT2D eigenvalue weighted by Crippen LogP contribution is 2.40. The van der Waals surface area contributed by atoms with E-state index in [2.05, 4.69) is 41.2 Å². The first kappa shape index (κ1) is 21.1. The molecule has 1 aliphatic rings. The number of amides is 1. The van der Waals surface area contributed by atoms with Crippen LogP contribution in [-0.2, 0) is 6.42 Å². The number of furan rings is 1. The Hall–Kier alpha value is -2.12. The van der Waals surface area contributed by atoms with Gasteiger partial charge in [-0.15, -0.1) is 11.3 Å². The van der Waals surface area contributed by atoms with Crippen LogP contribution in [0, 0.1) is 0 Å². The van der Waals surface area contributed by atoms with Crippen molar-refractivity contribution in [1.82, 2.24) is 9.80 Å². The Kier molecular flexibility index (Phi) is 6.58. The Labute approximate surface area is 186 Å². The molecule has 158 valence electrons. The molecule has 7 heteroatoms. The number of carbonyl (C=O) groups is 1. The number of carbonyl (C=O) groups excluding carboxylic acids is 1. The standard InChI is InChI=1S/C23H26ClN3O2S/c1-3-18-15-19(23(30-18)25-22(28)20-8-5-13-29-20)21(16-6-4-7-17(24)14-16)27-11-9-26(2)10-12-27/h4-8,13-15,21H,3,9-12H2,1-2H3,(H,25,28)/t21-/m1/s1. The summed E-state index contributed by atoms with van der Waals surface area (Å²) in [7, 11) is 2.15. The molecule has 0 aliphatic carbocycles. The summed E-state index contributed by atoms with van der Waals surface area (Å²) in [5, 5.41) is 4.69. The summed E-state index contributed by atoms with van der Waals surface area (Å²) in [6.45, 7) is 6.07. The number of nitrogens with zero attached hydrogens (tertiary/aromatic N) is 2. The molecule has 0 bridgehead atoms. The first-order chi connectivity index (χ1) is 14.5. The van der Waals surface area contributed by atoms with Gasteiger partial charge in [0.1, 0.15) is 5.00 Å². The van der Waals surface area contributed by atoms with Crippen LogP contribution < -0.4 is 5.32 Å². The number of piperazine rings is 1. The van der Waals surface area contributed by atoms with E-state index in [0.29, 0.717) is 5.76 Å². The van der Waals surface area contributed by atoms with Crippen molar-refractivity contribution in [3.05, 3.63) is 75.5 Å². The van der Waals surface area contributed by atoms with Crippen molar-refractivity contribution in [2.24, 2.45) is 0 Å². The predicted octanol–water partition coefficient (Wildman–Crippen LogP) is 5.15. The topological polar surface area (TPSA) is 48.7 Å². The van der Waals surface area contributed by atoms with Gasteiger partial charge in [-0.2, -0.15) is 0 Å². The molecular weight excluding hydrogens is 418 g/mol. The Morgan fingerprint density at radius 2 is 2.00 bits per heavy atom. The smallest absolute Gasteiger partial charge is 0.291 e. The van der Waals surface area contributed by atoms with Crippen LogP contribution in [0.2, 0.25) is 5.02 Å². The Balaban J connectivity index is 1.74. The van der Waals surface area contributed by atoms with Gasteiger partial charge in [0.2, 0.25) is 0 Å². The molecule has 1 aliphatic heterocycles. The number of benzene rings is 1. The molecule has 0 radical (unpaired) electrons. The molecule has 4 rings (SSSR count). The van der Waals surface area contributed by atoms with E-state index in [9.17, 15) is 4.79 Å². The van der Waals surface area contributed by atoms with Crippen LogP contribution in [-0.4, -0.2) is 48.9 Å². The zero-order valence-corrected chi connectivity index (χ0v) is 18.8. The van der Waals surface area contributed by atoms with E-state index in [1.165, 1.54) is 11.1 Å². The number of hydrogen-bond acceptors (Lipinski definition) is 5. The number of nitrogens with one attached hydrogen (secondary N) is 1. The van der Waals surface area contributed by atoms with Gasteiger partial charge in [0.25, 0.3) is 5.91 Å². The zero-order chi connectivity index (χ0) is 21.1. The Morgan fingerprint density at radius 3 is 2.67 bits per heavy atom. The van der Waals surface area contributed by atoms with Crippen LogP contribution in [0.1, 0.15) is 39.5 Å². The fourth-order valence-electron chi connectivity index (χ4n) is 3.85. The minimum absolute atomic E-state index is 0.0286.